The van der Waals surface area contributed by atoms with E-state index in [1.165, 1.54) is 87.8 Å². The van der Waals surface area contributed by atoms with Gasteiger partial charge in [-0.1, -0.05) is 77.7 Å². The lowest BCUT2D eigenvalue weighted by Gasteiger charge is -2.58. The number of amides is 5. The van der Waals surface area contributed by atoms with E-state index in [-0.39, 0.29) is 48.3 Å². The summed E-state index contributed by atoms with van der Waals surface area (Å²) in [5, 5.41) is 21.1. The molecule has 388 valence electrons. The van der Waals surface area contributed by atoms with Crippen molar-refractivity contribution >= 4 is 47.1 Å². The highest BCUT2D eigenvalue weighted by molar-refractivity contribution is 5.97. The van der Waals surface area contributed by atoms with Crippen LogP contribution in [0, 0.1) is 56.5 Å². The fraction of sp³-hybridized carbons (Fsp3) is 0.630. The van der Waals surface area contributed by atoms with Crippen LogP contribution in [-0.4, -0.2) is 72.5 Å². The van der Waals surface area contributed by atoms with Crippen molar-refractivity contribution < 1.29 is 47.9 Å². The fourth-order valence-electron chi connectivity index (χ4n) is 12.4. The van der Waals surface area contributed by atoms with Crippen molar-refractivity contribution in [1.82, 2.24) is 16.0 Å². The maximum Gasteiger partial charge on any atom is 0.514 e. The minimum absolute atomic E-state index is 0.0669. The van der Waals surface area contributed by atoms with Crippen LogP contribution in [0.3, 0.4) is 0 Å². The molecule has 4 aliphatic rings. The van der Waals surface area contributed by atoms with E-state index in [0.717, 1.165) is 54.8 Å². The Morgan fingerprint density at radius 3 is 2.28 bits per heavy atom. The topological polar surface area (TPSA) is 247 Å². The van der Waals surface area contributed by atoms with Crippen LogP contribution >= 0.6 is 0 Å². The van der Waals surface area contributed by atoms with E-state index >= 15 is 0 Å². The van der Waals surface area contributed by atoms with Crippen LogP contribution < -0.4 is 31.7 Å². The number of hydrogen-bond acceptors (Lipinski definition) is 11. The third-order valence-corrected chi connectivity index (χ3v) is 16.2. The lowest BCUT2D eigenvalue weighted by atomic mass is 9.47. The molecule has 5 amide bonds. The standard InChI is InChI=1S/C54H76N6O11/c1-34(2)8-6-9-35(3)43-20-21-44-42-19-12-37-30-41(24-26-53(37,4)45(42)25-27-54(43,44)5)69-29-7-28-56-48(62)22-23-49(63)59-46(31-47(55)61)51(65)57-32-50(64)58-38-13-10-36(11-14-38)33-70-52(66)71-40-17-15-39(16-18-40)60(67)68/h10-18,34-35,41-46H,6-9,19-33H2,1-5H3,(H2,55,61)(H,56,62)(H,57,65)(H,58,64)(H,59,63)/t35-,41+,42+,43-,44+,45+,46+,53+,54-/m1/s1. The minimum atomic E-state index is -1.36. The highest BCUT2D eigenvalue weighted by Crippen LogP contribution is 2.67. The number of benzene rings is 2. The molecule has 0 aliphatic heterocycles. The number of anilines is 1. The van der Waals surface area contributed by atoms with E-state index in [9.17, 15) is 38.9 Å². The van der Waals surface area contributed by atoms with Gasteiger partial charge in [-0.25, -0.2) is 4.79 Å². The van der Waals surface area contributed by atoms with Crippen molar-refractivity contribution in [3.63, 3.8) is 0 Å². The number of rotatable bonds is 24. The molecule has 0 bridgehead atoms. The van der Waals surface area contributed by atoms with E-state index in [1.807, 2.05) is 0 Å². The van der Waals surface area contributed by atoms with Gasteiger partial charge in [-0.05, 0) is 134 Å². The Hall–Kier alpha value is -5.84. The van der Waals surface area contributed by atoms with Crippen molar-refractivity contribution in [3.8, 4) is 5.75 Å². The number of nitrogens with zero attached hydrogens (tertiary/aromatic N) is 1. The van der Waals surface area contributed by atoms with Gasteiger partial charge in [0, 0.05) is 43.8 Å². The van der Waals surface area contributed by atoms with Crippen molar-refractivity contribution in [2.45, 2.75) is 150 Å². The van der Waals surface area contributed by atoms with Crippen LogP contribution in [0.2, 0.25) is 0 Å². The average molecular weight is 985 g/mol. The Morgan fingerprint density at radius 2 is 1.58 bits per heavy atom. The molecule has 4 aliphatic carbocycles. The number of allylic oxidation sites excluding steroid dienone is 1. The molecule has 17 nitrogen and oxygen atoms in total. The van der Waals surface area contributed by atoms with Gasteiger partial charge in [0.1, 0.15) is 18.4 Å². The van der Waals surface area contributed by atoms with Crippen molar-refractivity contribution in [1.29, 1.82) is 0 Å². The maximum atomic E-state index is 12.9. The summed E-state index contributed by atoms with van der Waals surface area (Å²) in [6.45, 7) is 12.7. The van der Waals surface area contributed by atoms with Crippen LogP contribution in [0.4, 0.5) is 16.2 Å². The molecule has 6 N–H and O–H groups in total. The van der Waals surface area contributed by atoms with Crippen LogP contribution in [0.25, 0.3) is 0 Å². The summed E-state index contributed by atoms with van der Waals surface area (Å²) < 4.78 is 16.5. The Kier molecular flexibility index (Phi) is 19.2. The molecule has 6 rings (SSSR count). The number of nitrogens with one attached hydrogen (secondary N) is 4. The fourth-order valence-corrected chi connectivity index (χ4v) is 12.4. The van der Waals surface area contributed by atoms with E-state index in [4.69, 9.17) is 19.9 Å². The van der Waals surface area contributed by atoms with Gasteiger partial charge in [-0.15, -0.1) is 0 Å². The second-order valence-electron chi connectivity index (χ2n) is 21.4. The molecule has 17 heteroatoms. The van der Waals surface area contributed by atoms with Crippen LogP contribution in [0.1, 0.15) is 136 Å². The highest BCUT2D eigenvalue weighted by Gasteiger charge is 2.59. The summed E-state index contributed by atoms with van der Waals surface area (Å²) in [6, 6.07) is 9.78. The lowest BCUT2D eigenvalue weighted by Crippen LogP contribution is -2.51. The zero-order chi connectivity index (χ0) is 51.3. The van der Waals surface area contributed by atoms with Crippen LogP contribution in [0.15, 0.2) is 60.2 Å². The summed E-state index contributed by atoms with van der Waals surface area (Å²) >= 11 is 0. The molecule has 2 aromatic rings. The average Bonchev–Trinajstić information content (AvgIpc) is 3.69. The van der Waals surface area contributed by atoms with E-state index in [0.29, 0.717) is 36.2 Å². The summed E-state index contributed by atoms with van der Waals surface area (Å²) in [4.78, 5) is 84.9. The first kappa shape index (κ1) is 54.5. The summed E-state index contributed by atoms with van der Waals surface area (Å²) in [7, 11) is 0. The number of hydrogen-bond donors (Lipinski definition) is 5. The van der Waals surface area contributed by atoms with E-state index < -0.39 is 53.7 Å². The zero-order valence-corrected chi connectivity index (χ0v) is 42.3. The number of carbonyl (C=O) groups excluding carboxylic acids is 6. The summed E-state index contributed by atoms with van der Waals surface area (Å²) in [6.07, 6.45) is 15.5. The van der Waals surface area contributed by atoms with Gasteiger partial charge in [0.15, 0.2) is 0 Å². The summed E-state index contributed by atoms with van der Waals surface area (Å²) in [5.74, 6) is 1.68. The minimum Gasteiger partial charge on any atom is -0.429 e. The van der Waals surface area contributed by atoms with Gasteiger partial charge >= 0.3 is 6.16 Å². The second kappa shape index (κ2) is 25.0. The SMILES string of the molecule is CC(C)CCC[C@@H](C)[C@H]1CC[C@H]2[C@@H]3CC=C4C[C@@H](OCCCNC(=O)CCC(=O)N[C@@H](CC(N)=O)C(=O)NCC(=O)Nc5ccc(COC(=O)Oc6ccc([N+](=O)[O-])cc6)cc5)CC[C@]4(C)[C@H]3CC[C@]12C. The van der Waals surface area contributed by atoms with Crippen molar-refractivity contribution in [2.24, 2.45) is 52.1 Å². The molecule has 2 aromatic carbocycles. The Labute approximate surface area is 418 Å². The first-order chi connectivity index (χ1) is 33.8. The molecule has 0 heterocycles. The van der Waals surface area contributed by atoms with E-state index in [2.05, 4.69) is 62.0 Å². The van der Waals surface area contributed by atoms with E-state index in [1.54, 1.807) is 17.7 Å². The number of primary amides is 1. The number of non-ortho nitro benzene ring substituents is 1. The van der Waals surface area contributed by atoms with Gasteiger partial charge in [0.25, 0.3) is 5.69 Å². The third-order valence-electron chi connectivity index (χ3n) is 16.2. The van der Waals surface area contributed by atoms with Gasteiger partial charge in [-0.3, -0.25) is 34.1 Å². The molecule has 0 unspecified atom stereocenters. The molecule has 3 saturated carbocycles. The van der Waals surface area contributed by atoms with Gasteiger partial charge in [-0.2, -0.15) is 0 Å². The molecule has 3 fully saturated rings. The van der Waals surface area contributed by atoms with Crippen LogP contribution in [0.5, 0.6) is 5.75 Å². The molecule has 0 aromatic heterocycles. The van der Waals surface area contributed by atoms with Gasteiger partial charge in [0.05, 0.1) is 24.0 Å². The number of nitro groups is 1. The maximum absolute atomic E-state index is 12.9. The Bertz CT molecular complexity index is 2230. The monoisotopic (exact) mass is 985 g/mol. The van der Waals surface area contributed by atoms with Gasteiger partial charge in [0.2, 0.25) is 29.5 Å². The predicted molar refractivity (Wildman–Crippen MR) is 267 cm³/mol. The number of carbonyl (C=O) groups is 6. The smallest absolute Gasteiger partial charge is 0.429 e. The highest BCUT2D eigenvalue weighted by atomic mass is 16.7. The lowest BCUT2D eigenvalue weighted by molar-refractivity contribution is -0.384. The predicted octanol–water partition coefficient (Wildman–Crippen LogP) is 8.44. The van der Waals surface area contributed by atoms with Crippen LogP contribution in [-0.2, 0) is 40.1 Å². The normalized spacial score (nSPS) is 25.2. The Balaban J connectivity index is 0.839. The first-order valence-electron chi connectivity index (χ1n) is 25.8. The Morgan fingerprint density at radius 1 is 0.845 bits per heavy atom. The molecule has 0 saturated heterocycles. The van der Waals surface area contributed by atoms with Crippen molar-refractivity contribution in [3.05, 3.63) is 75.9 Å². The molecule has 9 atom stereocenters. The number of nitro benzene ring substituents is 1. The quantitative estimate of drug-likeness (QED) is 0.0167. The zero-order valence-electron chi connectivity index (χ0n) is 42.3. The van der Waals surface area contributed by atoms with Crippen molar-refractivity contribution in [2.75, 3.05) is 25.0 Å². The number of fused-ring (bicyclic) bond motifs is 5. The second-order valence-corrected chi connectivity index (χ2v) is 21.4. The molecule has 0 spiro atoms. The third kappa shape index (κ3) is 14.9. The number of nitrogens with two attached hydrogens (primary N) is 1. The number of ether oxygens (including phenoxy) is 3. The first-order valence-corrected chi connectivity index (χ1v) is 25.8. The van der Waals surface area contributed by atoms with Gasteiger partial charge < -0.3 is 41.2 Å². The molecule has 0 radical (unpaired) electrons. The largest absolute Gasteiger partial charge is 0.514 e. The molecular formula is C54H76N6O11. The molecular weight excluding hydrogens is 909 g/mol. The molecule has 71 heavy (non-hydrogen) atoms. The summed E-state index contributed by atoms with van der Waals surface area (Å²) in [5.41, 5.74) is 8.43.